The molecule has 1 aromatic carbocycles. The Morgan fingerprint density at radius 3 is 2.82 bits per heavy atom. The number of nitro benzene ring substituents is 1. The number of fused-ring (bicyclic) bond motifs is 1. The van der Waals surface area contributed by atoms with Crippen LogP contribution in [0.4, 0.5) is 5.69 Å². The highest BCUT2D eigenvalue weighted by Gasteiger charge is 2.10. The van der Waals surface area contributed by atoms with E-state index in [0.717, 1.165) is 0 Å². The summed E-state index contributed by atoms with van der Waals surface area (Å²) in [6.07, 6.45) is 0. The molecule has 7 heteroatoms. The fourth-order valence-electron chi connectivity index (χ4n) is 1.70. The van der Waals surface area contributed by atoms with Crippen molar-refractivity contribution in [1.82, 2.24) is 9.55 Å². The third kappa shape index (κ3) is 1.84. The number of rotatable bonds is 2. The summed E-state index contributed by atoms with van der Waals surface area (Å²) in [7, 11) is 0. The van der Waals surface area contributed by atoms with Gasteiger partial charge in [0.25, 0.3) is 11.2 Å². The molecule has 1 N–H and O–H groups in total. The Balaban J connectivity index is 2.96. The number of aromatic amines is 1. The van der Waals surface area contributed by atoms with Gasteiger partial charge in [-0.1, -0.05) is 0 Å². The maximum Gasteiger partial charge on any atom is 0.271 e. The average molecular weight is 251 g/mol. The van der Waals surface area contributed by atoms with Crippen LogP contribution in [0.3, 0.4) is 0 Å². The molecular weight excluding hydrogens is 242 g/mol. The van der Waals surface area contributed by atoms with E-state index in [1.807, 2.05) is 6.92 Å². The third-order valence-corrected chi connectivity index (χ3v) is 2.83. The second kappa shape index (κ2) is 4.10. The molecule has 0 unspecified atom stereocenters. The van der Waals surface area contributed by atoms with Crippen molar-refractivity contribution >= 4 is 28.8 Å². The quantitative estimate of drug-likeness (QED) is 0.502. The summed E-state index contributed by atoms with van der Waals surface area (Å²) in [5.41, 5.74) is 0.0970. The summed E-state index contributed by atoms with van der Waals surface area (Å²) < 4.78 is 1.92. The summed E-state index contributed by atoms with van der Waals surface area (Å²) in [6, 6.07) is 4.11. The molecule has 1 aromatic heterocycles. The molecular formula is C10H9N3O3S. The van der Waals surface area contributed by atoms with Gasteiger partial charge in [-0.3, -0.25) is 19.9 Å². The van der Waals surface area contributed by atoms with Gasteiger partial charge in [-0.25, -0.2) is 0 Å². The lowest BCUT2D eigenvalue weighted by atomic mass is 10.2. The normalized spacial score (nSPS) is 10.6. The molecule has 0 aliphatic heterocycles. The minimum absolute atomic E-state index is 0.0558. The number of nitrogens with zero attached hydrogens (tertiary/aromatic N) is 2. The van der Waals surface area contributed by atoms with Crippen LogP contribution in [0.1, 0.15) is 6.92 Å². The molecule has 0 radical (unpaired) electrons. The first-order chi connectivity index (χ1) is 8.04. The lowest BCUT2D eigenvalue weighted by Crippen LogP contribution is -2.14. The van der Waals surface area contributed by atoms with Crippen molar-refractivity contribution in [3.8, 4) is 0 Å². The molecule has 0 amide bonds. The van der Waals surface area contributed by atoms with Crippen molar-refractivity contribution in [3.05, 3.63) is 43.4 Å². The van der Waals surface area contributed by atoms with E-state index in [4.69, 9.17) is 12.2 Å². The van der Waals surface area contributed by atoms with E-state index in [1.54, 1.807) is 4.57 Å². The number of benzene rings is 1. The van der Waals surface area contributed by atoms with E-state index >= 15 is 0 Å². The predicted octanol–water partition coefficient (Wildman–Crippen LogP) is 1.99. The lowest BCUT2D eigenvalue weighted by Gasteiger charge is -2.07. The second-order valence-electron chi connectivity index (χ2n) is 3.46. The standard InChI is InChI=1S/C10H9N3O3S/c1-2-12-8-5-6(13(15)16)3-4-7(8)9(14)11-10(12)17/h3-5H,2H2,1H3,(H,11,14,17). The Morgan fingerprint density at radius 2 is 2.24 bits per heavy atom. The highest BCUT2D eigenvalue weighted by Crippen LogP contribution is 2.18. The molecule has 2 rings (SSSR count). The van der Waals surface area contributed by atoms with Crippen molar-refractivity contribution in [3.63, 3.8) is 0 Å². The minimum atomic E-state index is -0.496. The Hall–Kier alpha value is -2.02. The Bertz CT molecular complexity index is 717. The maximum atomic E-state index is 11.6. The Labute approximate surface area is 101 Å². The van der Waals surface area contributed by atoms with Crippen LogP contribution < -0.4 is 5.56 Å². The SMILES string of the molecule is CCn1c(=S)[nH]c(=O)c2ccc([N+](=O)[O-])cc21. The Morgan fingerprint density at radius 1 is 1.53 bits per heavy atom. The number of H-pyrrole nitrogens is 1. The van der Waals surface area contributed by atoms with Crippen LogP contribution in [-0.2, 0) is 6.54 Å². The molecule has 0 spiro atoms. The van der Waals surface area contributed by atoms with E-state index in [0.29, 0.717) is 17.4 Å². The van der Waals surface area contributed by atoms with Gasteiger partial charge in [0.2, 0.25) is 0 Å². The van der Waals surface area contributed by atoms with Gasteiger partial charge in [-0.05, 0) is 25.2 Å². The van der Waals surface area contributed by atoms with Crippen LogP contribution in [0.2, 0.25) is 0 Å². The van der Waals surface area contributed by atoms with E-state index in [9.17, 15) is 14.9 Å². The van der Waals surface area contributed by atoms with Crippen LogP contribution in [0, 0.1) is 14.9 Å². The summed E-state index contributed by atoms with van der Waals surface area (Å²) in [6.45, 7) is 2.39. The molecule has 0 saturated carbocycles. The van der Waals surface area contributed by atoms with Gasteiger partial charge in [0.05, 0.1) is 15.8 Å². The number of aryl methyl sites for hydroxylation is 1. The summed E-state index contributed by atoms with van der Waals surface area (Å²) in [4.78, 5) is 24.4. The molecule has 0 atom stereocenters. The maximum absolute atomic E-state index is 11.6. The molecule has 0 aliphatic rings. The van der Waals surface area contributed by atoms with Crippen molar-refractivity contribution in [2.24, 2.45) is 0 Å². The number of hydrogen-bond acceptors (Lipinski definition) is 4. The first-order valence-corrected chi connectivity index (χ1v) is 5.36. The molecule has 6 nitrogen and oxygen atoms in total. The second-order valence-corrected chi connectivity index (χ2v) is 3.85. The minimum Gasteiger partial charge on any atom is -0.318 e. The van der Waals surface area contributed by atoms with Crippen LogP contribution in [0.15, 0.2) is 23.0 Å². The van der Waals surface area contributed by atoms with Crippen molar-refractivity contribution in [2.45, 2.75) is 13.5 Å². The van der Waals surface area contributed by atoms with Crippen molar-refractivity contribution < 1.29 is 4.92 Å². The predicted molar refractivity (Wildman–Crippen MR) is 65.7 cm³/mol. The topological polar surface area (TPSA) is 80.9 Å². The molecule has 1 heterocycles. The molecule has 0 bridgehead atoms. The number of nitro groups is 1. The van der Waals surface area contributed by atoms with Crippen LogP contribution in [0.5, 0.6) is 0 Å². The molecule has 88 valence electrons. The lowest BCUT2D eigenvalue weighted by molar-refractivity contribution is -0.384. The number of non-ortho nitro benzene ring substituents is 1. The van der Waals surface area contributed by atoms with E-state index in [1.165, 1.54) is 18.2 Å². The van der Waals surface area contributed by atoms with E-state index in [2.05, 4.69) is 4.98 Å². The highest BCUT2D eigenvalue weighted by molar-refractivity contribution is 7.71. The van der Waals surface area contributed by atoms with Gasteiger partial charge in [0.1, 0.15) is 0 Å². The fraction of sp³-hybridized carbons (Fsp3) is 0.200. The number of nitrogens with one attached hydrogen (secondary N) is 1. The van der Waals surface area contributed by atoms with Gasteiger partial charge in [-0.2, -0.15) is 0 Å². The Kier molecular flexibility index (Phi) is 2.76. The zero-order valence-electron chi connectivity index (χ0n) is 8.97. The largest absolute Gasteiger partial charge is 0.318 e. The number of hydrogen-bond donors (Lipinski definition) is 1. The molecule has 0 fully saturated rings. The van der Waals surface area contributed by atoms with Gasteiger partial charge < -0.3 is 4.57 Å². The average Bonchev–Trinajstić information content (AvgIpc) is 2.28. The van der Waals surface area contributed by atoms with Gasteiger partial charge >= 0.3 is 0 Å². The third-order valence-electron chi connectivity index (χ3n) is 2.51. The molecule has 0 saturated heterocycles. The first kappa shape index (κ1) is 11.5. The zero-order valence-corrected chi connectivity index (χ0v) is 9.78. The molecule has 0 aliphatic carbocycles. The monoisotopic (exact) mass is 251 g/mol. The number of aromatic nitrogens is 2. The zero-order chi connectivity index (χ0) is 12.6. The molecule has 2 aromatic rings. The van der Waals surface area contributed by atoms with Crippen molar-refractivity contribution in [2.75, 3.05) is 0 Å². The van der Waals surface area contributed by atoms with E-state index < -0.39 is 4.92 Å². The van der Waals surface area contributed by atoms with Gasteiger partial charge in [0, 0.05) is 18.7 Å². The molecule has 17 heavy (non-hydrogen) atoms. The van der Waals surface area contributed by atoms with Gasteiger partial charge in [-0.15, -0.1) is 0 Å². The fourth-order valence-corrected chi connectivity index (χ4v) is 2.02. The van der Waals surface area contributed by atoms with E-state index in [-0.39, 0.29) is 16.0 Å². The summed E-state index contributed by atoms with van der Waals surface area (Å²) >= 11 is 5.01. The summed E-state index contributed by atoms with van der Waals surface area (Å²) in [5.74, 6) is 0. The smallest absolute Gasteiger partial charge is 0.271 e. The van der Waals surface area contributed by atoms with Crippen LogP contribution in [-0.4, -0.2) is 14.5 Å². The van der Waals surface area contributed by atoms with Crippen molar-refractivity contribution in [1.29, 1.82) is 0 Å². The highest BCUT2D eigenvalue weighted by atomic mass is 32.1. The first-order valence-electron chi connectivity index (χ1n) is 4.96. The van der Waals surface area contributed by atoms with Gasteiger partial charge in [0.15, 0.2) is 4.77 Å². The summed E-state index contributed by atoms with van der Waals surface area (Å²) in [5, 5.41) is 11.1. The van der Waals surface area contributed by atoms with Crippen LogP contribution >= 0.6 is 12.2 Å². The van der Waals surface area contributed by atoms with Crippen LogP contribution in [0.25, 0.3) is 10.9 Å².